The van der Waals surface area contributed by atoms with Crippen LogP contribution in [0.1, 0.15) is 19.4 Å². The fraction of sp³-hybridized carbons (Fsp3) is 0.316. The van der Waals surface area contributed by atoms with Gasteiger partial charge in [-0.3, -0.25) is 4.79 Å². The second-order valence-electron chi connectivity index (χ2n) is 5.87. The number of amides is 1. The third-order valence-electron chi connectivity index (χ3n) is 3.85. The number of likely N-dealkylation sites (N-methyl/N-ethyl adjacent to an activating group) is 1. The second-order valence-corrected chi connectivity index (χ2v) is 8.22. The normalized spacial score (nSPS) is 11.4. The first-order valence-electron chi connectivity index (χ1n) is 8.57. The van der Waals surface area contributed by atoms with Crippen molar-refractivity contribution in [3.8, 4) is 5.75 Å². The van der Waals surface area contributed by atoms with Crippen molar-refractivity contribution in [2.75, 3.05) is 25.0 Å². The molecule has 0 saturated heterocycles. The summed E-state index contributed by atoms with van der Waals surface area (Å²) in [7, 11) is -3.87. The molecule has 0 bridgehead atoms. The predicted molar refractivity (Wildman–Crippen MR) is 107 cm³/mol. The second kappa shape index (κ2) is 9.21. The van der Waals surface area contributed by atoms with Gasteiger partial charge in [-0.2, -0.15) is 4.31 Å². The van der Waals surface area contributed by atoms with Crippen LogP contribution in [0.2, 0.25) is 5.02 Å². The number of nitrogens with zero attached hydrogens (tertiary/aromatic N) is 1. The minimum absolute atomic E-state index is 0.0148. The zero-order chi connectivity index (χ0) is 20.0. The summed E-state index contributed by atoms with van der Waals surface area (Å²) in [6.45, 7) is 5.70. The summed E-state index contributed by atoms with van der Waals surface area (Å²) in [6, 6.07) is 11.5. The van der Waals surface area contributed by atoms with E-state index in [-0.39, 0.29) is 23.0 Å². The van der Waals surface area contributed by atoms with Crippen LogP contribution in [0.5, 0.6) is 5.75 Å². The number of sulfonamides is 1. The van der Waals surface area contributed by atoms with Gasteiger partial charge in [0, 0.05) is 12.2 Å². The molecule has 0 aliphatic carbocycles. The maximum absolute atomic E-state index is 12.9. The average Bonchev–Trinajstić information content (AvgIpc) is 2.63. The Morgan fingerprint density at radius 2 is 1.81 bits per heavy atom. The van der Waals surface area contributed by atoms with Gasteiger partial charge in [-0.1, -0.05) is 36.2 Å². The Morgan fingerprint density at radius 1 is 1.15 bits per heavy atom. The summed E-state index contributed by atoms with van der Waals surface area (Å²) in [5, 5.41) is 2.91. The minimum Gasteiger partial charge on any atom is -0.492 e. The van der Waals surface area contributed by atoms with Gasteiger partial charge in [-0.25, -0.2) is 8.42 Å². The molecule has 0 saturated carbocycles. The molecule has 0 spiro atoms. The van der Waals surface area contributed by atoms with Gasteiger partial charge in [-0.15, -0.1) is 0 Å². The SMILES string of the molecule is CCOc1ccc(S(=O)(=O)N(CC)CC(=O)Nc2ccc(C)cc2)cc1Cl. The molecule has 27 heavy (non-hydrogen) atoms. The van der Waals surface area contributed by atoms with Crippen LogP contribution in [0.4, 0.5) is 5.69 Å². The Kier molecular flexibility index (Phi) is 7.24. The number of hydrogen-bond acceptors (Lipinski definition) is 4. The molecular weight excluding hydrogens is 388 g/mol. The number of ether oxygens (including phenoxy) is 1. The molecule has 1 N–H and O–H groups in total. The Hall–Kier alpha value is -2.09. The van der Waals surface area contributed by atoms with E-state index in [0.29, 0.717) is 18.0 Å². The van der Waals surface area contributed by atoms with Gasteiger partial charge in [0.15, 0.2) is 0 Å². The van der Waals surface area contributed by atoms with Gasteiger partial charge in [0.1, 0.15) is 5.75 Å². The largest absolute Gasteiger partial charge is 0.492 e. The van der Waals surface area contributed by atoms with Gasteiger partial charge in [0.25, 0.3) is 0 Å². The van der Waals surface area contributed by atoms with Crippen LogP contribution in [0.25, 0.3) is 0 Å². The Morgan fingerprint density at radius 3 is 2.37 bits per heavy atom. The molecule has 0 unspecified atom stereocenters. The van der Waals surface area contributed by atoms with Crippen molar-refractivity contribution in [3.63, 3.8) is 0 Å². The molecule has 0 fully saturated rings. The monoisotopic (exact) mass is 410 g/mol. The third kappa shape index (κ3) is 5.45. The van der Waals surface area contributed by atoms with E-state index in [1.165, 1.54) is 18.2 Å². The molecule has 0 aromatic heterocycles. The lowest BCUT2D eigenvalue weighted by Gasteiger charge is -2.20. The summed E-state index contributed by atoms with van der Waals surface area (Å²) in [5.74, 6) is -0.000379. The van der Waals surface area contributed by atoms with Crippen molar-refractivity contribution in [1.29, 1.82) is 0 Å². The first kappa shape index (κ1) is 21.2. The van der Waals surface area contributed by atoms with Gasteiger partial charge in [0.05, 0.1) is 23.1 Å². The zero-order valence-electron chi connectivity index (χ0n) is 15.5. The third-order valence-corrected chi connectivity index (χ3v) is 6.06. The molecule has 2 aromatic carbocycles. The number of benzene rings is 2. The summed E-state index contributed by atoms with van der Waals surface area (Å²) < 4.78 is 32.2. The molecule has 1 amide bonds. The van der Waals surface area contributed by atoms with E-state index in [9.17, 15) is 13.2 Å². The number of carbonyl (C=O) groups is 1. The minimum atomic E-state index is -3.87. The van der Waals surface area contributed by atoms with Gasteiger partial charge in [0.2, 0.25) is 15.9 Å². The fourth-order valence-corrected chi connectivity index (χ4v) is 4.16. The highest BCUT2D eigenvalue weighted by atomic mass is 35.5. The Bertz CT molecular complexity index is 898. The molecule has 0 radical (unpaired) electrons. The van der Waals surface area contributed by atoms with E-state index in [4.69, 9.17) is 16.3 Å². The van der Waals surface area contributed by atoms with Crippen molar-refractivity contribution >= 4 is 33.2 Å². The van der Waals surface area contributed by atoms with Crippen molar-refractivity contribution in [1.82, 2.24) is 4.31 Å². The van der Waals surface area contributed by atoms with Crippen LogP contribution in [-0.2, 0) is 14.8 Å². The summed E-state index contributed by atoms with van der Waals surface area (Å²) in [5.41, 5.74) is 1.68. The van der Waals surface area contributed by atoms with Gasteiger partial charge >= 0.3 is 0 Å². The van der Waals surface area contributed by atoms with Crippen LogP contribution in [0.15, 0.2) is 47.4 Å². The van der Waals surface area contributed by atoms with Crippen LogP contribution in [0, 0.1) is 6.92 Å². The van der Waals surface area contributed by atoms with Crippen LogP contribution in [-0.4, -0.2) is 38.3 Å². The number of anilines is 1. The van der Waals surface area contributed by atoms with Crippen LogP contribution < -0.4 is 10.1 Å². The highest BCUT2D eigenvalue weighted by molar-refractivity contribution is 7.89. The molecule has 8 heteroatoms. The number of hydrogen-bond donors (Lipinski definition) is 1. The molecule has 2 rings (SSSR count). The molecule has 0 atom stereocenters. The van der Waals surface area contributed by atoms with Gasteiger partial charge in [-0.05, 0) is 44.2 Å². The number of halogens is 1. The standard InChI is InChI=1S/C19H23ClN2O4S/c1-4-22(13-19(23)21-15-8-6-14(3)7-9-15)27(24,25)16-10-11-18(26-5-2)17(20)12-16/h6-12H,4-5,13H2,1-3H3,(H,21,23). The molecule has 0 aliphatic heterocycles. The number of rotatable bonds is 8. The van der Waals surface area contributed by atoms with Gasteiger partial charge < -0.3 is 10.1 Å². The first-order valence-corrected chi connectivity index (χ1v) is 10.4. The number of carbonyl (C=O) groups excluding carboxylic acids is 1. The van der Waals surface area contributed by atoms with Crippen molar-refractivity contribution in [2.45, 2.75) is 25.7 Å². The zero-order valence-corrected chi connectivity index (χ0v) is 17.1. The fourth-order valence-electron chi connectivity index (χ4n) is 2.43. The van der Waals surface area contributed by atoms with E-state index < -0.39 is 15.9 Å². The predicted octanol–water partition coefficient (Wildman–Crippen LogP) is 3.70. The van der Waals surface area contributed by atoms with E-state index in [2.05, 4.69) is 5.32 Å². The highest BCUT2D eigenvalue weighted by Crippen LogP contribution is 2.28. The van der Waals surface area contributed by atoms with Crippen LogP contribution in [0.3, 0.4) is 0 Å². The van der Waals surface area contributed by atoms with Crippen molar-refractivity contribution in [3.05, 3.63) is 53.1 Å². The Labute approximate surface area is 165 Å². The molecule has 6 nitrogen and oxygen atoms in total. The van der Waals surface area contributed by atoms with Crippen LogP contribution >= 0.6 is 11.6 Å². The summed E-state index contributed by atoms with van der Waals surface area (Å²) in [6.07, 6.45) is 0. The lowest BCUT2D eigenvalue weighted by atomic mass is 10.2. The highest BCUT2D eigenvalue weighted by Gasteiger charge is 2.26. The van der Waals surface area contributed by atoms with E-state index >= 15 is 0 Å². The van der Waals surface area contributed by atoms with E-state index in [0.717, 1.165) is 9.87 Å². The molecule has 2 aromatic rings. The van der Waals surface area contributed by atoms with E-state index in [1.807, 2.05) is 26.0 Å². The topological polar surface area (TPSA) is 75.7 Å². The summed E-state index contributed by atoms with van der Waals surface area (Å²) in [4.78, 5) is 12.3. The number of nitrogens with one attached hydrogen (secondary N) is 1. The van der Waals surface area contributed by atoms with Crippen molar-refractivity contribution < 1.29 is 17.9 Å². The van der Waals surface area contributed by atoms with Crippen molar-refractivity contribution in [2.24, 2.45) is 0 Å². The van der Waals surface area contributed by atoms with E-state index in [1.54, 1.807) is 19.1 Å². The lowest BCUT2D eigenvalue weighted by molar-refractivity contribution is -0.116. The molecule has 0 heterocycles. The first-order chi connectivity index (χ1) is 12.8. The Balaban J connectivity index is 2.15. The quantitative estimate of drug-likeness (QED) is 0.720. The molecule has 0 aliphatic rings. The lowest BCUT2D eigenvalue weighted by Crippen LogP contribution is -2.37. The number of aryl methyl sites for hydroxylation is 1. The smallest absolute Gasteiger partial charge is 0.243 e. The summed E-state index contributed by atoms with van der Waals surface area (Å²) >= 11 is 6.10. The molecule has 146 valence electrons. The molecular formula is C19H23ClN2O4S. The average molecular weight is 411 g/mol. The maximum atomic E-state index is 12.9. The maximum Gasteiger partial charge on any atom is 0.243 e.